The van der Waals surface area contributed by atoms with E-state index < -0.39 is 23.7 Å². The topological polar surface area (TPSA) is 58.3 Å². The highest BCUT2D eigenvalue weighted by Gasteiger charge is 2.11. The van der Waals surface area contributed by atoms with Gasteiger partial charge in [0.1, 0.15) is 0 Å². The van der Waals surface area contributed by atoms with Crippen LogP contribution in [-0.4, -0.2) is 20.0 Å². The van der Waals surface area contributed by atoms with Crippen LogP contribution in [0.3, 0.4) is 0 Å². The maximum Gasteiger partial charge on any atom is 0.194 e. The van der Waals surface area contributed by atoms with Gasteiger partial charge in [-0.25, -0.2) is 13.2 Å². The smallest absolute Gasteiger partial charge is 0.194 e. The number of rotatable bonds is 3. The van der Waals surface area contributed by atoms with Crippen molar-refractivity contribution in [2.45, 2.75) is 12.8 Å². The zero-order chi connectivity index (χ0) is 13.3. The predicted molar refractivity (Wildman–Crippen MR) is 54.8 cm³/mol. The van der Waals surface area contributed by atoms with Gasteiger partial charge in [-0.05, 0) is 17.7 Å². The van der Waals surface area contributed by atoms with Crippen LogP contribution in [0.4, 0.5) is 13.2 Å². The Morgan fingerprint density at radius 1 is 1.17 bits per heavy atom. The third kappa shape index (κ3) is 2.52. The minimum absolute atomic E-state index is 0.0131. The van der Waals surface area contributed by atoms with Crippen molar-refractivity contribution in [3.05, 3.63) is 53.1 Å². The molecule has 0 spiro atoms. The summed E-state index contributed by atoms with van der Waals surface area (Å²) in [5.41, 5.74) is 0.325. The third-order valence-corrected chi connectivity index (χ3v) is 2.34. The molecule has 1 heterocycles. The Morgan fingerprint density at radius 3 is 2.28 bits per heavy atom. The first-order valence-electron chi connectivity index (χ1n) is 4.99. The van der Waals surface area contributed by atoms with Crippen LogP contribution in [0, 0.1) is 17.5 Å². The van der Waals surface area contributed by atoms with Crippen molar-refractivity contribution in [1.29, 1.82) is 0 Å². The van der Waals surface area contributed by atoms with Crippen LogP contribution in [-0.2, 0) is 6.54 Å². The minimum Gasteiger partial charge on any atom is -0.364 e. The molecule has 0 fully saturated rings. The number of aliphatic hydroxyl groups excluding tert-OH is 1. The molecule has 0 saturated carbocycles. The van der Waals surface area contributed by atoms with Gasteiger partial charge in [-0.1, -0.05) is 0 Å². The molecule has 7 heteroatoms. The molecule has 0 aliphatic rings. The predicted octanol–water partition coefficient (Wildman–Crippen LogP) is 1.33. The number of aliphatic hydroxyl groups is 2. The quantitative estimate of drug-likeness (QED) is 0.645. The maximum absolute atomic E-state index is 13.0. The largest absolute Gasteiger partial charge is 0.364 e. The molecular formula is C11H9F3N2O2. The molecule has 0 saturated heterocycles. The third-order valence-electron chi connectivity index (χ3n) is 2.34. The Bertz CT molecular complexity index is 546. The van der Waals surface area contributed by atoms with Crippen LogP contribution in [0.5, 0.6) is 0 Å². The number of hydrogen-bond acceptors (Lipinski definition) is 3. The zero-order valence-electron chi connectivity index (χ0n) is 9.02. The number of aromatic nitrogens is 2. The van der Waals surface area contributed by atoms with Gasteiger partial charge < -0.3 is 10.2 Å². The summed E-state index contributed by atoms with van der Waals surface area (Å²) < 4.78 is 39.9. The lowest BCUT2D eigenvalue weighted by atomic mass is 10.2. The lowest BCUT2D eigenvalue weighted by Gasteiger charge is -2.04. The van der Waals surface area contributed by atoms with E-state index in [1.54, 1.807) is 0 Å². The number of nitrogens with zero attached hydrogens (tertiary/aromatic N) is 2. The molecule has 96 valence electrons. The van der Waals surface area contributed by atoms with E-state index in [9.17, 15) is 13.2 Å². The first kappa shape index (κ1) is 12.6. The highest BCUT2D eigenvalue weighted by atomic mass is 19.2. The Kier molecular flexibility index (Phi) is 3.35. The average molecular weight is 258 g/mol. The molecule has 0 aliphatic heterocycles. The van der Waals surface area contributed by atoms with Crippen LogP contribution in [0.15, 0.2) is 24.5 Å². The molecule has 0 atom stereocenters. The highest BCUT2D eigenvalue weighted by Crippen LogP contribution is 2.15. The van der Waals surface area contributed by atoms with Gasteiger partial charge in [-0.3, -0.25) is 4.68 Å². The van der Waals surface area contributed by atoms with Gasteiger partial charge in [-0.2, -0.15) is 5.10 Å². The van der Waals surface area contributed by atoms with Crippen molar-refractivity contribution in [2.24, 2.45) is 0 Å². The van der Waals surface area contributed by atoms with Gasteiger partial charge >= 0.3 is 0 Å². The Labute approximate surface area is 99.9 Å². The molecule has 0 bridgehead atoms. The Balaban J connectivity index is 2.23. The van der Waals surface area contributed by atoms with Crippen molar-refractivity contribution in [1.82, 2.24) is 9.78 Å². The van der Waals surface area contributed by atoms with Gasteiger partial charge in [0.2, 0.25) is 0 Å². The lowest BCUT2D eigenvalue weighted by Crippen LogP contribution is -2.03. The Hall–Kier alpha value is -1.86. The average Bonchev–Trinajstić information content (AvgIpc) is 2.74. The number of halogens is 3. The standard InChI is InChI=1S/C11H9F3N2O2/c12-8-1-6(2-9(13)10(8)14)4-16-5-7(3-15-16)11(17)18/h1-3,5,11,17-18H,4H2. The van der Waals surface area contributed by atoms with E-state index in [4.69, 9.17) is 10.2 Å². The van der Waals surface area contributed by atoms with Crippen molar-refractivity contribution >= 4 is 0 Å². The summed E-state index contributed by atoms with van der Waals surface area (Å²) in [4.78, 5) is 0. The first-order valence-corrected chi connectivity index (χ1v) is 4.99. The molecule has 0 radical (unpaired) electrons. The fraction of sp³-hybridized carbons (Fsp3) is 0.182. The minimum atomic E-state index is -1.67. The number of benzene rings is 1. The molecule has 1 aromatic carbocycles. The normalized spacial score (nSPS) is 11.2. The molecule has 0 amide bonds. The Morgan fingerprint density at radius 2 is 1.78 bits per heavy atom. The van der Waals surface area contributed by atoms with Crippen LogP contribution in [0.1, 0.15) is 17.4 Å². The molecule has 18 heavy (non-hydrogen) atoms. The van der Waals surface area contributed by atoms with E-state index in [2.05, 4.69) is 5.10 Å². The van der Waals surface area contributed by atoms with Crippen LogP contribution in [0.25, 0.3) is 0 Å². The van der Waals surface area contributed by atoms with E-state index in [-0.39, 0.29) is 17.7 Å². The van der Waals surface area contributed by atoms with Gasteiger partial charge in [0.05, 0.1) is 12.7 Å². The second kappa shape index (κ2) is 4.79. The molecule has 0 aliphatic carbocycles. The fourth-order valence-corrected chi connectivity index (χ4v) is 1.49. The van der Waals surface area contributed by atoms with Crippen molar-refractivity contribution in [3.8, 4) is 0 Å². The van der Waals surface area contributed by atoms with Crippen LogP contribution < -0.4 is 0 Å². The van der Waals surface area contributed by atoms with Crippen LogP contribution in [0.2, 0.25) is 0 Å². The molecule has 2 rings (SSSR count). The van der Waals surface area contributed by atoms with E-state index in [0.717, 1.165) is 12.1 Å². The maximum atomic E-state index is 13.0. The molecule has 1 aromatic heterocycles. The summed E-state index contributed by atoms with van der Waals surface area (Å²) in [5, 5.41) is 21.5. The van der Waals surface area contributed by atoms with E-state index in [0.29, 0.717) is 0 Å². The lowest BCUT2D eigenvalue weighted by molar-refractivity contribution is -0.0425. The molecular weight excluding hydrogens is 249 g/mol. The van der Waals surface area contributed by atoms with Gasteiger partial charge in [-0.15, -0.1) is 0 Å². The van der Waals surface area contributed by atoms with Gasteiger partial charge in [0.25, 0.3) is 0 Å². The first-order chi connectivity index (χ1) is 8.47. The van der Waals surface area contributed by atoms with Crippen molar-refractivity contribution in [2.75, 3.05) is 0 Å². The summed E-state index contributed by atoms with van der Waals surface area (Å²) >= 11 is 0. The summed E-state index contributed by atoms with van der Waals surface area (Å²) in [7, 11) is 0. The summed E-state index contributed by atoms with van der Waals surface area (Å²) in [5.74, 6) is -4.08. The molecule has 2 N–H and O–H groups in total. The summed E-state index contributed by atoms with van der Waals surface area (Å²) in [6.45, 7) is -0.0131. The number of hydrogen-bond donors (Lipinski definition) is 2. The van der Waals surface area contributed by atoms with Crippen molar-refractivity contribution < 1.29 is 23.4 Å². The SMILES string of the molecule is OC(O)c1cnn(Cc2cc(F)c(F)c(F)c2)c1. The second-order valence-corrected chi connectivity index (χ2v) is 3.72. The fourth-order valence-electron chi connectivity index (χ4n) is 1.49. The van der Waals surface area contributed by atoms with E-state index >= 15 is 0 Å². The summed E-state index contributed by atoms with van der Waals surface area (Å²) in [6.07, 6.45) is 0.852. The van der Waals surface area contributed by atoms with Gasteiger partial charge in [0, 0.05) is 11.8 Å². The van der Waals surface area contributed by atoms with Crippen LogP contribution >= 0.6 is 0 Å². The molecule has 0 unspecified atom stereocenters. The molecule has 4 nitrogen and oxygen atoms in total. The highest BCUT2D eigenvalue weighted by molar-refractivity contribution is 5.20. The van der Waals surface area contributed by atoms with Gasteiger partial charge in [0.15, 0.2) is 23.7 Å². The van der Waals surface area contributed by atoms with Crippen molar-refractivity contribution in [3.63, 3.8) is 0 Å². The second-order valence-electron chi connectivity index (χ2n) is 3.72. The summed E-state index contributed by atoms with van der Waals surface area (Å²) in [6, 6.07) is 1.71. The monoisotopic (exact) mass is 258 g/mol. The molecule has 2 aromatic rings. The van der Waals surface area contributed by atoms with E-state index in [1.807, 2.05) is 0 Å². The van der Waals surface area contributed by atoms with E-state index in [1.165, 1.54) is 17.1 Å². The zero-order valence-corrected chi connectivity index (χ0v) is 9.02.